The van der Waals surface area contributed by atoms with Crippen LogP contribution < -0.4 is 5.32 Å². The standard InChI is InChI=1S/C13H23NO2/c1-9-4-3-5-12(6-9)16-13(15)10(2)11-7-14-8-11/h9-12,14H,3-8H2,1-2H3. The molecule has 3 heteroatoms. The molecule has 0 aromatic rings. The van der Waals surface area contributed by atoms with Crippen molar-refractivity contribution < 1.29 is 9.53 Å². The summed E-state index contributed by atoms with van der Waals surface area (Å²) in [5.74, 6) is 1.30. The van der Waals surface area contributed by atoms with Crippen LogP contribution in [0.3, 0.4) is 0 Å². The Morgan fingerprint density at radius 1 is 1.38 bits per heavy atom. The average molecular weight is 225 g/mol. The van der Waals surface area contributed by atoms with Gasteiger partial charge in [0.15, 0.2) is 0 Å². The van der Waals surface area contributed by atoms with Crippen molar-refractivity contribution >= 4 is 5.97 Å². The van der Waals surface area contributed by atoms with E-state index in [0.717, 1.165) is 25.9 Å². The van der Waals surface area contributed by atoms with E-state index in [1.54, 1.807) is 0 Å². The van der Waals surface area contributed by atoms with Crippen LogP contribution in [0, 0.1) is 17.8 Å². The molecule has 3 atom stereocenters. The Kier molecular flexibility index (Phi) is 3.85. The van der Waals surface area contributed by atoms with Crippen LogP contribution in [-0.2, 0) is 9.53 Å². The molecule has 1 heterocycles. The number of carbonyl (C=O) groups excluding carboxylic acids is 1. The molecule has 2 rings (SSSR count). The van der Waals surface area contributed by atoms with Crippen LogP contribution in [0.2, 0.25) is 0 Å². The first-order chi connectivity index (χ1) is 7.66. The molecule has 0 spiro atoms. The number of hydrogen-bond acceptors (Lipinski definition) is 3. The third kappa shape index (κ3) is 2.76. The Balaban J connectivity index is 1.77. The minimum Gasteiger partial charge on any atom is -0.462 e. The first kappa shape index (κ1) is 11.9. The van der Waals surface area contributed by atoms with E-state index in [4.69, 9.17) is 4.74 Å². The molecule has 0 radical (unpaired) electrons. The molecule has 3 unspecified atom stereocenters. The van der Waals surface area contributed by atoms with Gasteiger partial charge in [-0.3, -0.25) is 4.79 Å². The third-order valence-corrected chi connectivity index (χ3v) is 4.06. The molecular formula is C13H23NO2. The molecule has 1 saturated carbocycles. The Hall–Kier alpha value is -0.570. The van der Waals surface area contributed by atoms with Crippen molar-refractivity contribution in [2.75, 3.05) is 13.1 Å². The highest BCUT2D eigenvalue weighted by atomic mass is 16.5. The zero-order valence-electron chi connectivity index (χ0n) is 10.4. The van der Waals surface area contributed by atoms with E-state index in [9.17, 15) is 4.79 Å². The number of carbonyl (C=O) groups is 1. The summed E-state index contributed by atoms with van der Waals surface area (Å²) in [4.78, 5) is 11.9. The van der Waals surface area contributed by atoms with Crippen molar-refractivity contribution in [1.29, 1.82) is 0 Å². The van der Waals surface area contributed by atoms with E-state index >= 15 is 0 Å². The molecule has 92 valence electrons. The number of esters is 1. The smallest absolute Gasteiger partial charge is 0.309 e. The van der Waals surface area contributed by atoms with Crippen LogP contribution in [-0.4, -0.2) is 25.2 Å². The van der Waals surface area contributed by atoms with E-state index in [0.29, 0.717) is 11.8 Å². The predicted molar refractivity (Wildman–Crippen MR) is 63.0 cm³/mol. The third-order valence-electron chi connectivity index (χ3n) is 4.06. The second kappa shape index (κ2) is 5.17. The van der Waals surface area contributed by atoms with Gasteiger partial charge in [0.25, 0.3) is 0 Å². The Labute approximate surface area is 97.9 Å². The summed E-state index contributed by atoms with van der Waals surface area (Å²) in [6.45, 7) is 6.19. The molecule has 0 aromatic heterocycles. The molecule has 0 amide bonds. The van der Waals surface area contributed by atoms with Gasteiger partial charge in [-0.1, -0.05) is 20.3 Å². The molecule has 1 saturated heterocycles. The van der Waals surface area contributed by atoms with Crippen LogP contribution in [0.4, 0.5) is 0 Å². The summed E-state index contributed by atoms with van der Waals surface area (Å²) in [5.41, 5.74) is 0. The maximum Gasteiger partial charge on any atom is 0.309 e. The molecular weight excluding hydrogens is 202 g/mol. The van der Waals surface area contributed by atoms with E-state index < -0.39 is 0 Å². The van der Waals surface area contributed by atoms with Gasteiger partial charge in [0.2, 0.25) is 0 Å². The van der Waals surface area contributed by atoms with Crippen molar-refractivity contribution in [3.63, 3.8) is 0 Å². The van der Waals surface area contributed by atoms with Gasteiger partial charge in [-0.05, 0) is 44.2 Å². The van der Waals surface area contributed by atoms with Crippen molar-refractivity contribution in [2.45, 2.75) is 45.6 Å². The first-order valence-corrected chi connectivity index (χ1v) is 6.58. The Bertz CT molecular complexity index is 250. The number of nitrogens with one attached hydrogen (secondary N) is 1. The molecule has 2 aliphatic rings. The van der Waals surface area contributed by atoms with E-state index in [1.165, 1.54) is 12.8 Å². The van der Waals surface area contributed by atoms with Gasteiger partial charge in [0, 0.05) is 0 Å². The lowest BCUT2D eigenvalue weighted by Gasteiger charge is -2.33. The SMILES string of the molecule is CC1CCCC(OC(=O)C(C)C2CNC2)C1. The molecule has 0 aromatic carbocycles. The molecule has 2 fully saturated rings. The molecule has 1 N–H and O–H groups in total. The summed E-state index contributed by atoms with van der Waals surface area (Å²) in [7, 11) is 0. The maximum atomic E-state index is 11.9. The molecule has 3 nitrogen and oxygen atoms in total. The van der Waals surface area contributed by atoms with Crippen molar-refractivity contribution in [3.8, 4) is 0 Å². The molecule has 0 bridgehead atoms. The highest BCUT2D eigenvalue weighted by Gasteiger charge is 2.32. The number of hydrogen-bond donors (Lipinski definition) is 1. The normalized spacial score (nSPS) is 32.9. The van der Waals surface area contributed by atoms with Crippen LogP contribution in [0.1, 0.15) is 39.5 Å². The summed E-state index contributed by atoms with van der Waals surface area (Å²) in [5, 5.41) is 3.20. The van der Waals surface area contributed by atoms with E-state index in [-0.39, 0.29) is 18.0 Å². The highest BCUT2D eigenvalue weighted by Crippen LogP contribution is 2.27. The molecule has 1 aliphatic carbocycles. The fraction of sp³-hybridized carbons (Fsp3) is 0.923. The second-order valence-corrected chi connectivity index (χ2v) is 5.54. The van der Waals surface area contributed by atoms with Crippen LogP contribution in [0.25, 0.3) is 0 Å². The van der Waals surface area contributed by atoms with Crippen molar-refractivity contribution in [1.82, 2.24) is 5.32 Å². The van der Waals surface area contributed by atoms with Crippen molar-refractivity contribution in [2.24, 2.45) is 17.8 Å². The first-order valence-electron chi connectivity index (χ1n) is 6.58. The van der Waals surface area contributed by atoms with Crippen LogP contribution in [0.15, 0.2) is 0 Å². The highest BCUT2D eigenvalue weighted by molar-refractivity contribution is 5.72. The van der Waals surface area contributed by atoms with Gasteiger partial charge in [0.05, 0.1) is 5.92 Å². The van der Waals surface area contributed by atoms with Gasteiger partial charge in [0.1, 0.15) is 6.10 Å². The summed E-state index contributed by atoms with van der Waals surface area (Å²) >= 11 is 0. The lowest BCUT2D eigenvalue weighted by molar-refractivity contribution is -0.158. The van der Waals surface area contributed by atoms with E-state index in [2.05, 4.69) is 12.2 Å². The monoisotopic (exact) mass is 225 g/mol. The fourth-order valence-electron chi connectivity index (χ4n) is 2.61. The Morgan fingerprint density at radius 3 is 2.69 bits per heavy atom. The molecule has 16 heavy (non-hydrogen) atoms. The van der Waals surface area contributed by atoms with E-state index in [1.807, 2.05) is 6.92 Å². The fourth-order valence-corrected chi connectivity index (χ4v) is 2.61. The molecule has 1 aliphatic heterocycles. The zero-order chi connectivity index (χ0) is 11.5. The lowest BCUT2D eigenvalue weighted by atomic mass is 9.87. The quantitative estimate of drug-likeness (QED) is 0.746. The minimum absolute atomic E-state index is 0.0191. The van der Waals surface area contributed by atoms with Gasteiger partial charge < -0.3 is 10.1 Å². The van der Waals surface area contributed by atoms with Crippen LogP contribution >= 0.6 is 0 Å². The minimum atomic E-state index is 0.0191. The predicted octanol–water partition coefficient (Wildman–Crippen LogP) is 1.96. The van der Waals surface area contributed by atoms with Gasteiger partial charge >= 0.3 is 5.97 Å². The number of rotatable bonds is 3. The van der Waals surface area contributed by atoms with Crippen LogP contribution in [0.5, 0.6) is 0 Å². The average Bonchev–Trinajstić information content (AvgIpc) is 2.14. The van der Waals surface area contributed by atoms with Crippen molar-refractivity contribution in [3.05, 3.63) is 0 Å². The maximum absolute atomic E-state index is 11.9. The second-order valence-electron chi connectivity index (χ2n) is 5.54. The lowest BCUT2D eigenvalue weighted by Crippen LogP contribution is -2.48. The number of ether oxygens (including phenoxy) is 1. The zero-order valence-corrected chi connectivity index (χ0v) is 10.4. The van der Waals surface area contributed by atoms with Gasteiger partial charge in [-0.15, -0.1) is 0 Å². The Morgan fingerprint density at radius 2 is 2.12 bits per heavy atom. The topological polar surface area (TPSA) is 38.3 Å². The van der Waals surface area contributed by atoms with Gasteiger partial charge in [-0.25, -0.2) is 0 Å². The van der Waals surface area contributed by atoms with Gasteiger partial charge in [-0.2, -0.15) is 0 Å². The summed E-state index contributed by atoms with van der Waals surface area (Å²) in [6.07, 6.45) is 4.80. The summed E-state index contributed by atoms with van der Waals surface area (Å²) < 4.78 is 5.61. The largest absolute Gasteiger partial charge is 0.462 e. The summed E-state index contributed by atoms with van der Waals surface area (Å²) in [6, 6.07) is 0.